The summed E-state index contributed by atoms with van der Waals surface area (Å²) in [5.41, 5.74) is 6.95. The standard InChI is InChI=1S/C11H14ClNO2/c1-2-3-9(13)7-4-10-11(5-8(7)12)15-6-14-10/h4-5,9H,2-3,6,13H2,1H3/t9-/m0/s1. The zero-order valence-electron chi connectivity index (χ0n) is 8.63. The van der Waals surface area contributed by atoms with Crippen molar-refractivity contribution in [2.45, 2.75) is 25.8 Å². The monoisotopic (exact) mass is 227 g/mol. The molecule has 0 spiro atoms. The Hall–Kier alpha value is -0.930. The van der Waals surface area contributed by atoms with Gasteiger partial charge in [-0.1, -0.05) is 24.9 Å². The summed E-state index contributed by atoms with van der Waals surface area (Å²) in [7, 11) is 0. The maximum Gasteiger partial charge on any atom is 0.231 e. The van der Waals surface area contributed by atoms with E-state index in [-0.39, 0.29) is 12.8 Å². The van der Waals surface area contributed by atoms with Crippen LogP contribution in [-0.2, 0) is 0 Å². The molecule has 82 valence electrons. The van der Waals surface area contributed by atoms with Gasteiger partial charge in [-0.3, -0.25) is 0 Å². The number of nitrogens with two attached hydrogens (primary N) is 1. The Morgan fingerprint density at radius 3 is 2.73 bits per heavy atom. The molecular weight excluding hydrogens is 214 g/mol. The normalized spacial score (nSPS) is 15.4. The van der Waals surface area contributed by atoms with Crippen molar-refractivity contribution in [3.05, 3.63) is 22.7 Å². The van der Waals surface area contributed by atoms with Crippen molar-refractivity contribution in [3.63, 3.8) is 0 Å². The molecule has 0 aliphatic carbocycles. The average molecular weight is 228 g/mol. The molecule has 1 aliphatic rings. The van der Waals surface area contributed by atoms with Gasteiger partial charge >= 0.3 is 0 Å². The van der Waals surface area contributed by atoms with Gasteiger partial charge in [0.2, 0.25) is 6.79 Å². The van der Waals surface area contributed by atoms with E-state index in [9.17, 15) is 0 Å². The molecule has 3 nitrogen and oxygen atoms in total. The summed E-state index contributed by atoms with van der Waals surface area (Å²) >= 11 is 6.12. The van der Waals surface area contributed by atoms with Gasteiger partial charge in [0, 0.05) is 17.1 Å². The van der Waals surface area contributed by atoms with Crippen molar-refractivity contribution in [1.82, 2.24) is 0 Å². The largest absolute Gasteiger partial charge is 0.454 e. The fourth-order valence-corrected chi connectivity index (χ4v) is 1.98. The predicted molar refractivity (Wildman–Crippen MR) is 59.4 cm³/mol. The van der Waals surface area contributed by atoms with Gasteiger partial charge in [0.25, 0.3) is 0 Å². The second-order valence-corrected chi connectivity index (χ2v) is 4.03. The maximum atomic E-state index is 6.12. The van der Waals surface area contributed by atoms with Crippen molar-refractivity contribution in [2.75, 3.05) is 6.79 Å². The highest BCUT2D eigenvalue weighted by atomic mass is 35.5. The van der Waals surface area contributed by atoms with E-state index >= 15 is 0 Å². The van der Waals surface area contributed by atoms with Crippen molar-refractivity contribution in [3.8, 4) is 11.5 Å². The molecule has 0 bridgehead atoms. The Balaban J connectivity index is 2.31. The van der Waals surface area contributed by atoms with E-state index in [2.05, 4.69) is 6.92 Å². The maximum absolute atomic E-state index is 6.12. The molecule has 0 unspecified atom stereocenters. The van der Waals surface area contributed by atoms with Crippen LogP contribution < -0.4 is 15.2 Å². The molecule has 0 aromatic heterocycles. The summed E-state index contributed by atoms with van der Waals surface area (Å²) in [4.78, 5) is 0. The van der Waals surface area contributed by atoms with Gasteiger partial charge in [-0.15, -0.1) is 0 Å². The number of rotatable bonds is 3. The van der Waals surface area contributed by atoms with Gasteiger partial charge in [-0.25, -0.2) is 0 Å². The summed E-state index contributed by atoms with van der Waals surface area (Å²) in [5, 5.41) is 0.653. The summed E-state index contributed by atoms with van der Waals surface area (Å²) in [6.07, 6.45) is 1.95. The van der Waals surface area contributed by atoms with Crippen LogP contribution in [0, 0.1) is 0 Å². The lowest BCUT2D eigenvalue weighted by Crippen LogP contribution is -2.10. The fraction of sp³-hybridized carbons (Fsp3) is 0.455. The zero-order valence-corrected chi connectivity index (χ0v) is 9.38. The molecule has 4 heteroatoms. The van der Waals surface area contributed by atoms with Crippen LogP contribution in [0.2, 0.25) is 5.02 Å². The predicted octanol–water partition coefficient (Wildman–Crippen LogP) is 2.87. The lowest BCUT2D eigenvalue weighted by Gasteiger charge is -2.13. The first-order valence-electron chi connectivity index (χ1n) is 5.07. The van der Waals surface area contributed by atoms with Crippen LogP contribution in [0.3, 0.4) is 0 Å². The van der Waals surface area contributed by atoms with E-state index in [4.69, 9.17) is 26.8 Å². The molecule has 0 saturated heterocycles. The molecule has 0 radical (unpaired) electrons. The lowest BCUT2D eigenvalue weighted by atomic mass is 10.0. The summed E-state index contributed by atoms with van der Waals surface area (Å²) in [6.45, 7) is 2.36. The average Bonchev–Trinajstić information content (AvgIpc) is 2.63. The minimum absolute atomic E-state index is 0.0306. The topological polar surface area (TPSA) is 44.5 Å². The molecular formula is C11H14ClNO2. The first-order chi connectivity index (χ1) is 7.22. The van der Waals surface area contributed by atoms with Gasteiger partial charge < -0.3 is 15.2 Å². The molecule has 2 rings (SSSR count). The molecule has 0 amide bonds. The second kappa shape index (κ2) is 4.29. The molecule has 1 aliphatic heterocycles. The van der Waals surface area contributed by atoms with Crippen LogP contribution in [0.25, 0.3) is 0 Å². The third kappa shape index (κ3) is 2.03. The smallest absolute Gasteiger partial charge is 0.231 e. The van der Waals surface area contributed by atoms with E-state index in [1.165, 1.54) is 0 Å². The van der Waals surface area contributed by atoms with E-state index in [1.54, 1.807) is 6.07 Å². The van der Waals surface area contributed by atoms with E-state index in [0.29, 0.717) is 10.8 Å². The molecule has 1 aromatic carbocycles. The fourth-order valence-electron chi connectivity index (χ4n) is 1.68. The van der Waals surface area contributed by atoms with Crippen LogP contribution >= 0.6 is 11.6 Å². The SMILES string of the molecule is CCC[C@H](N)c1cc2c(cc1Cl)OCO2. The summed E-state index contributed by atoms with van der Waals surface area (Å²) < 4.78 is 10.5. The minimum atomic E-state index is -0.0306. The summed E-state index contributed by atoms with van der Waals surface area (Å²) in [6, 6.07) is 3.62. The number of fused-ring (bicyclic) bond motifs is 1. The van der Waals surface area contributed by atoms with Crippen LogP contribution in [0.1, 0.15) is 31.4 Å². The number of halogens is 1. The number of hydrogen-bond acceptors (Lipinski definition) is 3. The van der Waals surface area contributed by atoms with Crippen LogP contribution in [0.15, 0.2) is 12.1 Å². The molecule has 2 N–H and O–H groups in total. The highest BCUT2D eigenvalue weighted by Gasteiger charge is 2.19. The van der Waals surface area contributed by atoms with Crippen molar-refractivity contribution >= 4 is 11.6 Å². The number of benzene rings is 1. The first kappa shape index (κ1) is 10.6. The Morgan fingerprint density at radius 1 is 1.40 bits per heavy atom. The van der Waals surface area contributed by atoms with Crippen LogP contribution in [0.5, 0.6) is 11.5 Å². The first-order valence-corrected chi connectivity index (χ1v) is 5.44. The van der Waals surface area contributed by atoms with Gasteiger partial charge in [-0.05, 0) is 18.1 Å². The van der Waals surface area contributed by atoms with Crippen LogP contribution in [0.4, 0.5) is 0 Å². The highest BCUT2D eigenvalue weighted by Crippen LogP contribution is 2.39. The van der Waals surface area contributed by atoms with Gasteiger partial charge in [0.1, 0.15) is 0 Å². The van der Waals surface area contributed by atoms with E-state index < -0.39 is 0 Å². The quantitative estimate of drug-likeness (QED) is 0.864. The van der Waals surface area contributed by atoms with Crippen molar-refractivity contribution < 1.29 is 9.47 Å². The second-order valence-electron chi connectivity index (χ2n) is 3.62. The molecule has 0 fully saturated rings. The highest BCUT2D eigenvalue weighted by molar-refractivity contribution is 6.31. The Kier molecular flexibility index (Phi) is 3.03. The Morgan fingerprint density at radius 2 is 2.07 bits per heavy atom. The minimum Gasteiger partial charge on any atom is -0.454 e. The molecule has 0 saturated carbocycles. The molecule has 1 aromatic rings. The number of hydrogen-bond donors (Lipinski definition) is 1. The zero-order chi connectivity index (χ0) is 10.8. The lowest BCUT2D eigenvalue weighted by molar-refractivity contribution is 0.174. The third-order valence-electron chi connectivity index (χ3n) is 2.49. The van der Waals surface area contributed by atoms with E-state index in [0.717, 1.165) is 24.2 Å². The van der Waals surface area contributed by atoms with Crippen molar-refractivity contribution in [2.24, 2.45) is 5.73 Å². The van der Waals surface area contributed by atoms with Crippen LogP contribution in [-0.4, -0.2) is 6.79 Å². The summed E-state index contributed by atoms with van der Waals surface area (Å²) in [5.74, 6) is 1.44. The molecule has 1 heterocycles. The number of ether oxygens (including phenoxy) is 2. The molecule has 15 heavy (non-hydrogen) atoms. The Bertz CT molecular complexity index is 368. The third-order valence-corrected chi connectivity index (χ3v) is 2.82. The van der Waals surface area contributed by atoms with Crippen molar-refractivity contribution in [1.29, 1.82) is 0 Å². The van der Waals surface area contributed by atoms with E-state index in [1.807, 2.05) is 6.07 Å². The van der Waals surface area contributed by atoms with Gasteiger partial charge in [0.05, 0.1) is 0 Å². The van der Waals surface area contributed by atoms with Gasteiger partial charge in [0.15, 0.2) is 11.5 Å². The Labute approximate surface area is 94.1 Å². The molecule has 1 atom stereocenters. The van der Waals surface area contributed by atoms with Gasteiger partial charge in [-0.2, -0.15) is 0 Å².